The molecule has 0 saturated carbocycles. The van der Waals surface area contributed by atoms with Crippen LogP contribution in [0.4, 0.5) is 38.1 Å². The van der Waals surface area contributed by atoms with Gasteiger partial charge in [0.15, 0.2) is 0 Å². The lowest BCUT2D eigenvalue weighted by molar-refractivity contribution is -0.137. The van der Waals surface area contributed by atoms with Crippen molar-refractivity contribution in [2.45, 2.75) is 6.18 Å². The molecule has 0 fully saturated rings. The summed E-state index contributed by atoms with van der Waals surface area (Å²) in [5, 5.41) is 4.14. The monoisotopic (exact) mass is 605 g/mol. The molecule has 0 radical (unpaired) electrons. The van der Waals surface area contributed by atoms with Gasteiger partial charge in [-0.05, 0) is 60.7 Å². The van der Waals surface area contributed by atoms with Crippen molar-refractivity contribution in [2.75, 3.05) is 10.6 Å². The van der Waals surface area contributed by atoms with Gasteiger partial charge in [-0.2, -0.15) is 13.2 Å². The molecule has 3 aromatic carbocycles. The first kappa shape index (κ1) is 29.7. The van der Waals surface area contributed by atoms with Gasteiger partial charge in [-0.3, -0.25) is 25.4 Å². The molecule has 1 aromatic heterocycles. The molecule has 4 amide bonds. The van der Waals surface area contributed by atoms with Crippen LogP contribution in [-0.4, -0.2) is 22.8 Å². The van der Waals surface area contributed by atoms with Gasteiger partial charge in [0.25, 0.3) is 11.8 Å². The number of hydrogen-bond acceptors (Lipinski definition) is 5. The molecule has 0 aliphatic rings. The van der Waals surface area contributed by atoms with Crippen molar-refractivity contribution in [1.29, 1.82) is 0 Å². The Balaban J connectivity index is 1.32. The summed E-state index contributed by atoms with van der Waals surface area (Å²) in [6, 6.07) is 13.0. The number of benzene rings is 3. The van der Waals surface area contributed by atoms with Crippen molar-refractivity contribution in [3.63, 3.8) is 0 Å². The van der Waals surface area contributed by atoms with Gasteiger partial charge in [-0.1, -0.05) is 11.6 Å². The van der Waals surface area contributed by atoms with Crippen LogP contribution in [0.15, 0.2) is 79.0 Å². The molecule has 0 saturated heterocycles. The number of hydrazine groups is 1. The number of alkyl halides is 3. The molecule has 216 valence electrons. The number of nitrogens with zero attached hydrogens (tertiary/aromatic N) is 1. The fourth-order valence-electron chi connectivity index (χ4n) is 3.35. The van der Waals surface area contributed by atoms with Crippen LogP contribution in [-0.2, 0) is 6.18 Å². The van der Waals surface area contributed by atoms with Crippen LogP contribution in [0.25, 0.3) is 0 Å². The molecule has 4 N–H and O–H groups in total. The number of anilines is 2. The summed E-state index contributed by atoms with van der Waals surface area (Å²) in [6.07, 6.45) is -3.53. The van der Waals surface area contributed by atoms with Gasteiger partial charge in [0.05, 0.1) is 16.3 Å². The molecule has 0 spiro atoms. The van der Waals surface area contributed by atoms with E-state index in [2.05, 4.69) is 21.0 Å². The largest absolute Gasteiger partial charge is 0.457 e. The predicted molar refractivity (Wildman–Crippen MR) is 141 cm³/mol. The van der Waals surface area contributed by atoms with Crippen LogP contribution >= 0.6 is 11.6 Å². The SMILES string of the molecule is O=C(Nc1ccc(Oc2ccnc(C(=O)NNC(=O)c3ccc(Cl)c(C(F)(F)F)c3)c2)cc1)Nc1ccc(F)cc1F. The van der Waals surface area contributed by atoms with Crippen LogP contribution < -0.4 is 26.2 Å². The minimum absolute atomic E-state index is 0.166. The molecular weight excluding hydrogens is 589 g/mol. The first-order valence-corrected chi connectivity index (χ1v) is 12.0. The number of urea groups is 1. The number of pyridine rings is 1. The lowest BCUT2D eigenvalue weighted by atomic mass is 10.1. The van der Waals surface area contributed by atoms with Crippen LogP contribution in [0.5, 0.6) is 11.5 Å². The average molecular weight is 606 g/mol. The molecule has 0 atom stereocenters. The van der Waals surface area contributed by atoms with Crippen molar-refractivity contribution in [3.8, 4) is 11.5 Å². The zero-order valence-corrected chi connectivity index (χ0v) is 21.6. The minimum Gasteiger partial charge on any atom is -0.457 e. The number of aromatic nitrogens is 1. The second-order valence-corrected chi connectivity index (χ2v) is 8.71. The molecule has 9 nitrogen and oxygen atoms in total. The van der Waals surface area contributed by atoms with E-state index in [1.807, 2.05) is 5.43 Å². The third-order valence-electron chi connectivity index (χ3n) is 5.31. The normalized spacial score (nSPS) is 10.9. The van der Waals surface area contributed by atoms with E-state index in [0.29, 0.717) is 23.6 Å². The maximum absolute atomic E-state index is 13.7. The molecule has 4 aromatic rings. The van der Waals surface area contributed by atoms with E-state index in [-0.39, 0.29) is 17.1 Å². The molecule has 15 heteroatoms. The van der Waals surface area contributed by atoms with E-state index < -0.39 is 51.8 Å². The standard InChI is InChI=1S/C27H17ClF5N5O4/c28-20-7-1-14(11-19(20)27(31,32)33)24(39)37-38-25(40)23-13-18(9-10-34-23)42-17-5-3-16(4-6-17)35-26(41)36-22-8-2-15(29)12-21(22)30/h1-13H,(H,37,39)(H,38,40)(H2,35,36,41). The Morgan fingerprint density at radius 3 is 2.19 bits per heavy atom. The summed E-state index contributed by atoms with van der Waals surface area (Å²) >= 11 is 5.55. The number of ether oxygens (including phenoxy) is 1. The average Bonchev–Trinajstić information content (AvgIpc) is 2.94. The fraction of sp³-hybridized carbons (Fsp3) is 0.0370. The van der Waals surface area contributed by atoms with Crippen LogP contribution in [0.2, 0.25) is 5.02 Å². The number of carbonyl (C=O) groups excluding carboxylic acids is 3. The maximum atomic E-state index is 13.7. The van der Waals surface area contributed by atoms with Crippen LogP contribution in [0.1, 0.15) is 26.4 Å². The summed E-state index contributed by atoms with van der Waals surface area (Å²) < 4.78 is 71.5. The summed E-state index contributed by atoms with van der Waals surface area (Å²) in [5.41, 5.74) is 2.36. The third-order valence-corrected chi connectivity index (χ3v) is 5.64. The molecule has 42 heavy (non-hydrogen) atoms. The molecule has 4 rings (SSSR count). The van der Waals surface area contributed by atoms with Gasteiger partial charge < -0.3 is 15.4 Å². The topological polar surface area (TPSA) is 121 Å². The molecular formula is C27H17ClF5N5O4. The number of halogens is 6. The lowest BCUT2D eigenvalue weighted by Crippen LogP contribution is -2.42. The fourth-order valence-corrected chi connectivity index (χ4v) is 3.57. The van der Waals surface area contributed by atoms with Gasteiger partial charge in [-0.25, -0.2) is 13.6 Å². The van der Waals surface area contributed by atoms with Crippen molar-refractivity contribution in [1.82, 2.24) is 15.8 Å². The Hall–Kier alpha value is -5.24. The third kappa shape index (κ3) is 7.69. The van der Waals surface area contributed by atoms with Gasteiger partial charge in [-0.15, -0.1) is 0 Å². The van der Waals surface area contributed by atoms with Gasteiger partial charge in [0.1, 0.15) is 28.8 Å². The molecule has 0 aliphatic heterocycles. The van der Waals surface area contributed by atoms with Crippen LogP contribution in [0.3, 0.4) is 0 Å². The highest BCUT2D eigenvalue weighted by molar-refractivity contribution is 6.31. The molecule has 0 unspecified atom stereocenters. The quantitative estimate of drug-likeness (QED) is 0.147. The predicted octanol–water partition coefficient (Wildman–Crippen LogP) is 6.54. The summed E-state index contributed by atoms with van der Waals surface area (Å²) in [4.78, 5) is 40.7. The summed E-state index contributed by atoms with van der Waals surface area (Å²) in [5.74, 6) is -3.19. The number of rotatable bonds is 6. The second-order valence-electron chi connectivity index (χ2n) is 8.31. The van der Waals surface area contributed by atoms with E-state index in [1.54, 1.807) is 0 Å². The Kier molecular flexibility index (Phi) is 8.86. The Labute approximate surface area is 238 Å². The highest BCUT2D eigenvalue weighted by Gasteiger charge is 2.33. The zero-order valence-electron chi connectivity index (χ0n) is 20.9. The molecule has 0 aliphatic carbocycles. The van der Waals surface area contributed by atoms with Gasteiger partial charge in [0, 0.05) is 29.6 Å². The second kappa shape index (κ2) is 12.5. The Morgan fingerprint density at radius 2 is 1.50 bits per heavy atom. The Bertz CT molecular complexity index is 1650. The van der Waals surface area contributed by atoms with E-state index in [4.69, 9.17) is 16.3 Å². The molecule has 0 bridgehead atoms. The summed E-state index contributed by atoms with van der Waals surface area (Å²) in [7, 11) is 0. The van der Waals surface area contributed by atoms with E-state index in [0.717, 1.165) is 24.3 Å². The van der Waals surface area contributed by atoms with E-state index in [1.165, 1.54) is 42.6 Å². The highest BCUT2D eigenvalue weighted by atomic mass is 35.5. The van der Waals surface area contributed by atoms with Crippen molar-refractivity contribution >= 4 is 40.8 Å². The highest BCUT2D eigenvalue weighted by Crippen LogP contribution is 2.35. The maximum Gasteiger partial charge on any atom is 0.417 e. The first-order valence-electron chi connectivity index (χ1n) is 11.6. The molecule has 1 heterocycles. The minimum atomic E-state index is -4.78. The van der Waals surface area contributed by atoms with E-state index in [9.17, 15) is 36.3 Å². The lowest BCUT2D eigenvalue weighted by Gasteiger charge is -2.12. The van der Waals surface area contributed by atoms with Crippen molar-refractivity contribution in [3.05, 3.63) is 112 Å². The van der Waals surface area contributed by atoms with E-state index >= 15 is 0 Å². The number of carbonyl (C=O) groups is 3. The number of hydrogen-bond donors (Lipinski definition) is 4. The van der Waals surface area contributed by atoms with Gasteiger partial charge >= 0.3 is 12.2 Å². The van der Waals surface area contributed by atoms with Crippen LogP contribution in [0, 0.1) is 11.6 Å². The smallest absolute Gasteiger partial charge is 0.417 e. The Morgan fingerprint density at radius 1 is 0.786 bits per heavy atom. The zero-order chi connectivity index (χ0) is 30.4. The number of amides is 4. The van der Waals surface area contributed by atoms with Gasteiger partial charge in [0.2, 0.25) is 0 Å². The first-order chi connectivity index (χ1) is 19.9. The van der Waals surface area contributed by atoms with Crippen molar-refractivity contribution in [2.24, 2.45) is 0 Å². The van der Waals surface area contributed by atoms with Crippen molar-refractivity contribution < 1.29 is 41.1 Å². The summed E-state index contributed by atoms with van der Waals surface area (Å²) in [6.45, 7) is 0. The number of nitrogens with one attached hydrogen (secondary N) is 4.